The summed E-state index contributed by atoms with van der Waals surface area (Å²) in [5.74, 6) is -0.150. The molecule has 2 N–H and O–H groups in total. The van der Waals surface area contributed by atoms with Gasteiger partial charge in [0.2, 0.25) is 5.91 Å². The molecule has 1 heterocycles. The predicted octanol–water partition coefficient (Wildman–Crippen LogP) is 1.01. The normalized spacial score (nSPS) is 10.1. The summed E-state index contributed by atoms with van der Waals surface area (Å²) in [5, 5.41) is 13.1. The SMILES string of the molecule is O=C(O)CSCCNC(=O)CCc1cscn1. The smallest absolute Gasteiger partial charge is 0.313 e. The zero-order valence-electron chi connectivity index (χ0n) is 9.22. The number of thiazole rings is 1. The fourth-order valence-corrected chi connectivity index (χ4v) is 2.27. The molecule has 0 aromatic carbocycles. The number of aromatic nitrogens is 1. The Kier molecular flexibility index (Phi) is 6.64. The van der Waals surface area contributed by atoms with Crippen LogP contribution in [-0.4, -0.2) is 40.0 Å². The van der Waals surface area contributed by atoms with Crippen LogP contribution in [-0.2, 0) is 16.0 Å². The van der Waals surface area contributed by atoms with Gasteiger partial charge in [-0.25, -0.2) is 4.98 Å². The summed E-state index contributed by atoms with van der Waals surface area (Å²) in [6.45, 7) is 0.508. The van der Waals surface area contributed by atoms with Crippen molar-refractivity contribution in [1.29, 1.82) is 0 Å². The van der Waals surface area contributed by atoms with Crippen molar-refractivity contribution in [2.75, 3.05) is 18.1 Å². The molecule has 0 aliphatic carbocycles. The maximum atomic E-state index is 11.4. The van der Waals surface area contributed by atoms with Crippen LogP contribution in [0, 0.1) is 0 Å². The number of nitrogens with zero attached hydrogens (tertiary/aromatic N) is 1. The predicted molar refractivity (Wildman–Crippen MR) is 68.4 cm³/mol. The largest absolute Gasteiger partial charge is 0.481 e. The number of carboxylic acid groups (broad SMARTS) is 1. The Morgan fingerprint density at radius 3 is 3.00 bits per heavy atom. The third-order valence-corrected chi connectivity index (χ3v) is 3.46. The van der Waals surface area contributed by atoms with E-state index in [4.69, 9.17) is 5.11 Å². The molecule has 1 rings (SSSR count). The summed E-state index contributed by atoms with van der Waals surface area (Å²) < 4.78 is 0. The number of nitrogens with one attached hydrogen (secondary N) is 1. The van der Waals surface area contributed by atoms with E-state index in [9.17, 15) is 9.59 Å². The molecule has 0 bridgehead atoms. The zero-order chi connectivity index (χ0) is 12.5. The number of carboxylic acids is 1. The lowest BCUT2D eigenvalue weighted by Crippen LogP contribution is -2.26. The van der Waals surface area contributed by atoms with Crippen molar-refractivity contribution >= 4 is 35.0 Å². The van der Waals surface area contributed by atoms with Gasteiger partial charge < -0.3 is 10.4 Å². The number of aliphatic carboxylic acids is 1. The summed E-state index contributed by atoms with van der Waals surface area (Å²) in [5.41, 5.74) is 2.68. The van der Waals surface area contributed by atoms with Crippen LogP contribution in [0.5, 0.6) is 0 Å². The van der Waals surface area contributed by atoms with E-state index < -0.39 is 5.97 Å². The van der Waals surface area contributed by atoms with Crippen LogP contribution in [0.2, 0.25) is 0 Å². The van der Waals surface area contributed by atoms with Gasteiger partial charge in [0, 0.05) is 24.1 Å². The van der Waals surface area contributed by atoms with E-state index in [0.29, 0.717) is 25.1 Å². The highest BCUT2D eigenvalue weighted by molar-refractivity contribution is 7.99. The number of carbonyl (C=O) groups is 2. The van der Waals surface area contributed by atoms with Crippen molar-refractivity contribution in [2.24, 2.45) is 0 Å². The molecule has 0 aliphatic heterocycles. The minimum atomic E-state index is -0.829. The van der Waals surface area contributed by atoms with Gasteiger partial charge in [0.05, 0.1) is 17.0 Å². The summed E-state index contributed by atoms with van der Waals surface area (Å²) >= 11 is 2.81. The minimum Gasteiger partial charge on any atom is -0.481 e. The molecule has 94 valence electrons. The Labute approximate surface area is 108 Å². The third-order valence-electron chi connectivity index (χ3n) is 1.89. The first-order valence-corrected chi connectivity index (χ1v) is 7.21. The van der Waals surface area contributed by atoms with Gasteiger partial charge in [-0.1, -0.05) is 0 Å². The van der Waals surface area contributed by atoms with Crippen molar-refractivity contribution in [3.05, 3.63) is 16.6 Å². The molecule has 0 spiro atoms. The Balaban J connectivity index is 2.00. The van der Waals surface area contributed by atoms with Gasteiger partial charge in [0.25, 0.3) is 0 Å². The first-order valence-electron chi connectivity index (χ1n) is 5.12. The highest BCUT2D eigenvalue weighted by Gasteiger charge is 2.03. The third kappa shape index (κ3) is 6.96. The second-order valence-corrected chi connectivity index (χ2v) is 5.10. The number of amides is 1. The standard InChI is InChI=1S/C10H14N2O3S2/c13-9(2-1-8-5-17-7-12-8)11-3-4-16-6-10(14)15/h5,7H,1-4,6H2,(H,11,13)(H,14,15). The van der Waals surface area contributed by atoms with Gasteiger partial charge in [-0.15, -0.1) is 23.1 Å². The van der Waals surface area contributed by atoms with Crippen LogP contribution in [0.15, 0.2) is 10.9 Å². The Morgan fingerprint density at radius 2 is 2.35 bits per heavy atom. The van der Waals surface area contributed by atoms with Gasteiger partial charge in [-0.05, 0) is 6.42 Å². The van der Waals surface area contributed by atoms with E-state index in [0.717, 1.165) is 5.69 Å². The lowest BCUT2D eigenvalue weighted by Gasteiger charge is -2.03. The molecule has 0 radical (unpaired) electrons. The monoisotopic (exact) mass is 274 g/mol. The molecule has 0 unspecified atom stereocenters. The average molecular weight is 274 g/mol. The second kappa shape index (κ2) is 8.08. The quantitative estimate of drug-likeness (QED) is 0.692. The molecule has 0 saturated heterocycles. The summed E-state index contributed by atoms with van der Waals surface area (Å²) in [6.07, 6.45) is 1.07. The van der Waals surface area contributed by atoms with Crippen LogP contribution in [0.25, 0.3) is 0 Å². The number of thioether (sulfide) groups is 1. The fraction of sp³-hybridized carbons (Fsp3) is 0.500. The van der Waals surface area contributed by atoms with E-state index in [1.54, 1.807) is 5.51 Å². The second-order valence-electron chi connectivity index (χ2n) is 3.28. The van der Waals surface area contributed by atoms with Gasteiger partial charge in [-0.2, -0.15) is 0 Å². The Hall–Kier alpha value is -1.08. The maximum absolute atomic E-state index is 11.4. The van der Waals surface area contributed by atoms with Crippen LogP contribution < -0.4 is 5.32 Å². The fourth-order valence-electron chi connectivity index (χ4n) is 1.11. The zero-order valence-corrected chi connectivity index (χ0v) is 10.9. The topological polar surface area (TPSA) is 79.3 Å². The minimum absolute atomic E-state index is 0.0195. The Morgan fingerprint density at radius 1 is 1.53 bits per heavy atom. The molecule has 0 saturated carbocycles. The molecule has 1 amide bonds. The number of aryl methyl sites for hydroxylation is 1. The van der Waals surface area contributed by atoms with E-state index in [1.807, 2.05) is 5.38 Å². The Bertz CT molecular complexity index is 354. The van der Waals surface area contributed by atoms with Crippen molar-refractivity contribution < 1.29 is 14.7 Å². The number of hydrogen-bond acceptors (Lipinski definition) is 5. The van der Waals surface area contributed by atoms with Gasteiger partial charge in [0.1, 0.15) is 0 Å². The van der Waals surface area contributed by atoms with Crippen LogP contribution >= 0.6 is 23.1 Å². The number of rotatable bonds is 8. The molecular formula is C10H14N2O3S2. The molecule has 17 heavy (non-hydrogen) atoms. The highest BCUT2D eigenvalue weighted by atomic mass is 32.2. The lowest BCUT2D eigenvalue weighted by atomic mass is 10.2. The van der Waals surface area contributed by atoms with Crippen molar-refractivity contribution in [3.8, 4) is 0 Å². The molecule has 0 aliphatic rings. The van der Waals surface area contributed by atoms with E-state index in [-0.39, 0.29) is 11.7 Å². The van der Waals surface area contributed by atoms with Gasteiger partial charge in [-0.3, -0.25) is 9.59 Å². The maximum Gasteiger partial charge on any atom is 0.313 e. The molecule has 7 heteroatoms. The molecule has 5 nitrogen and oxygen atoms in total. The van der Waals surface area contributed by atoms with E-state index >= 15 is 0 Å². The summed E-state index contributed by atoms with van der Waals surface area (Å²) in [6, 6.07) is 0. The molecule has 0 fully saturated rings. The lowest BCUT2D eigenvalue weighted by molar-refractivity contribution is -0.133. The molecule has 1 aromatic rings. The van der Waals surface area contributed by atoms with Crippen molar-refractivity contribution in [1.82, 2.24) is 10.3 Å². The number of hydrogen-bond donors (Lipinski definition) is 2. The van der Waals surface area contributed by atoms with Crippen LogP contribution in [0.4, 0.5) is 0 Å². The van der Waals surface area contributed by atoms with Crippen LogP contribution in [0.1, 0.15) is 12.1 Å². The van der Waals surface area contributed by atoms with Gasteiger partial charge >= 0.3 is 5.97 Å². The van der Waals surface area contributed by atoms with Crippen molar-refractivity contribution in [3.63, 3.8) is 0 Å². The molecule has 0 atom stereocenters. The highest BCUT2D eigenvalue weighted by Crippen LogP contribution is 2.03. The average Bonchev–Trinajstić information content (AvgIpc) is 2.78. The summed E-state index contributed by atoms with van der Waals surface area (Å²) in [7, 11) is 0. The molecule has 1 aromatic heterocycles. The van der Waals surface area contributed by atoms with E-state index in [1.165, 1.54) is 23.1 Å². The first kappa shape index (κ1) is 14.0. The van der Waals surface area contributed by atoms with Gasteiger partial charge in [0.15, 0.2) is 0 Å². The van der Waals surface area contributed by atoms with Crippen LogP contribution in [0.3, 0.4) is 0 Å². The first-order chi connectivity index (χ1) is 8.18. The van der Waals surface area contributed by atoms with E-state index in [2.05, 4.69) is 10.3 Å². The molecular weight excluding hydrogens is 260 g/mol. The summed E-state index contributed by atoms with van der Waals surface area (Å²) in [4.78, 5) is 25.7. The van der Waals surface area contributed by atoms with Crippen molar-refractivity contribution in [2.45, 2.75) is 12.8 Å². The number of carbonyl (C=O) groups excluding carboxylic acids is 1.